The minimum absolute atomic E-state index is 0.00722. The summed E-state index contributed by atoms with van der Waals surface area (Å²) in [6.07, 6.45) is 5.27. The second-order valence-electron chi connectivity index (χ2n) is 9.16. The molecule has 0 unspecified atom stereocenters. The van der Waals surface area contributed by atoms with Crippen LogP contribution in [0.1, 0.15) is 28.0 Å². The van der Waals surface area contributed by atoms with Gasteiger partial charge in [0.25, 0.3) is 0 Å². The smallest absolute Gasteiger partial charge is 0.154 e. The topological polar surface area (TPSA) is 42.3 Å². The van der Waals surface area contributed by atoms with Gasteiger partial charge in [0.2, 0.25) is 0 Å². The van der Waals surface area contributed by atoms with Gasteiger partial charge in [-0.05, 0) is 65.2 Å². The van der Waals surface area contributed by atoms with Crippen molar-refractivity contribution in [3.8, 4) is 5.69 Å². The lowest BCUT2D eigenvalue weighted by atomic mass is 9.86. The average molecular weight is 526 g/mol. The first-order valence-electron chi connectivity index (χ1n) is 11.5. The molecule has 0 bridgehead atoms. The van der Waals surface area contributed by atoms with Gasteiger partial charge in [-0.15, -0.1) is 0 Å². The van der Waals surface area contributed by atoms with Crippen LogP contribution in [0, 0.1) is 5.92 Å². The third kappa shape index (κ3) is 5.19. The van der Waals surface area contributed by atoms with Crippen molar-refractivity contribution in [2.24, 2.45) is 5.92 Å². The molecule has 2 heterocycles. The number of likely N-dealkylation sites (tertiary alicyclic amines) is 1. The Hall–Kier alpha value is -2.57. The molecule has 1 aromatic heterocycles. The number of halogens is 2. The standard InChI is InChI=1S/C28H26Cl2N2O2S/c1-35(33,34)28(22-5-4-6-26(17-22)31-15-2-3-16-31)23-18-32(19-23)27(20-7-11-24(29)12-8-20)21-9-13-25(30)14-10-21/h2-17,23,27-28H,18-19H2,1H3/t28-/m0/s1. The average Bonchev–Trinajstić information content (AvgIpc) is 3.34. The van der Waals surface area contributed by atoms with Crippen LogP contribution >= 0.6 is 23.2 Å². The maximum absolute atomic E-state index is 13.0. The van der Waals surface area contributed by atoms with Gasteiger partial charge in [0.05, 0.1) is 11.3 Å². The summed E-state index contributed by atoms with van der Waals surface area (Å²) in [5.74, 6) is -0.00740. The first-order valence-corrected chi connectivity index (χ1v) is 14.2. The summed E-state index contributed by atoms with van der Waals surface area (Å²) < 4.78 is 28.0. The van der Waals surface area contributed by atoms with Crippen LogP contribution in [0.25, 0.3) is 5.69 Å². The zero-order chi connectivity index (χ0) is 24.6. The summed E-state index contributed by atoms with van der Waals surface area (Å²) >= 11 is 12.3. The van der Waals surface area contributed by atoms with Crippen molar-refractivity contribution in [2.45, 2.75) is 11.3 Å². The van der Waals surface area contributed by atoms with E-state index in [0.717, 1.165) is 22.4 Å². The number of benzene rings is 3. The molecule has 180 valence electrons. The summed E-state index contributed by atoms with van der Waals surface area (Å²) in [6.45, 7) is 1.34. The molecular weight excluding hydrogens is 499 g/mol. The molecule has 1 aliphatic rings. The summed E-state index contributed by atoms with van der Waals surface area (Å²) in [7, 11) is -3.32. The molecule has 5 rings (SSSR count). The van der Waals surface area contributed by atoms with Crippen molar-refractivity contribution >= 4 is 33.0 Å². The predicted molar refractivity (Wildman–Crippen MR) is 143 cm³/mol. The fourth-order valence-electron chi connectivity index (χ4n) is 5.09. The Kier molecular flexibility index (Phi) is 6.78. The van der Waals surface area contributed by atoms with Crippen molar-refractivity contribution in [1.82, 2.24) is 9.47 Å². The van der Waals surface area contributed by atoms with E-state index in [9.17, 15) is 8.42 Å². The molecule has 7 heteroatoms. The predicted octanol–water partition coefficient (Wildman–Crippen LogP) is 6.59. The van der Waals surface area contributed by atoms with E-state index < -0.39 is 15.1 Å². The van der Waals surface area contributed by atoms with Crippen LogP contribution in [0.2, 0.25) is 10.0 Å². The fraction of sp³-hybridized carbons (Fsp3) is 0.214. The molecule has 4 aromatic rings. The largest absolute Gasteiger partial charge is 0.324 e. The molecule has 0 N–H and O–H groups in total. The molecule has 0 amide bonds. The van der Waals surface area contributed by atoms with Crippen molar-refractivity contribution in [2.75, 3.05) is 19.3 Å². The maximum Gasteiger partial charge on any atom is 0.154 e. The minimum atomic E-state index is -3.32. The van der Waals surface area contributed by atoms with Gasteiger partial charge in [-0.1, -0.05) is 59.6 Å². The molecule has 1 fully saturated rings. The van der Waals surface area contributed by atoms with E-state index in [2.05, 4.69) is 4.90 Å². The van der Waals surface area contributed by atoms with Crippen molar-refractivity contribution < 1.29 is 8.42 Å². The van der Waals surface area contributed by atoms with Gasteiger partial charge in [-0.3, -0.25) is 4.90 Å². The van der Waals surface area contributed by atoms with Gasteiger partial charge in [0.15, 0.2) is 9.84 Å². The lowest BCUT2D eigenvalue weighted by Gasteiger charge is -2.47. The Bertz CT molecular complexity index is 1350. The molecule has 4 nitrogen and oxygen atoms in total. The van der Waals surface area contributed by atoms with Crippen LogP contribution in [-0.4, -0.2) is 37.2 Å². The molecule has 1 saturated heterocycles. The number of hydrogen-bond donors (Lipinski definition) is 0. The number of aromatic nitrogens is 1. The third-order valence-electron chi connectivity index (χ3n) is 6.67. The van der Waals surface area contributed by atoms with Crippen molar-refractivity contribution in [1.29, 1.82) is 0 Å². The van der Waals surface area contributed by atoms with Crippen LogP contribution < -0.4 is 0 Å². The van der Waals surface area contributed by atoms with Crippen LogP contribution in [0.3, 0.4) is 0 Å². The third-order valence-corrected chi connectivity index (χ3v) is 8.75. The number of hydrogen-bond acceptors (Lipinski definition) is 3. The van der Waals surface area contributed by atoms with Crippen LogP contribution in [-0.2, 0) is 9.84 Å². The number of rotatable bonds is 7. The molecule has 1 aliphatic heterocycles. The molecule has 35 heavy (non-hydrogen) atoms. The van der Waals surface area contributed by atoms with Gasteiger partial charge in [-0.25, -0.2) is 8.42 Å². The van der Waals surface area contributed by atoms with Crippen molar-refractivity contribution in [3.63, 3.8) is 0 Å². The minimum Gasteiger partial charge on any atom is -0.324 e. The van der Waals surface area contributed by atoms with E-state index in [0.29, 0.717) is 23.1 Å². The molecule has 0 saturated carbocycles. The lowest BCUT2D eigenvalue weighted by molar-refractivity contribution is 0.0655. The highest BCUT2D eigenvalue weighted by atomic mass is 35.5. The van der Waals surface area contributed by atoms with E-state index in [4.69, 9.17) is 23.2 Å². The maximum atomic E-state index is 13.0. The highest BCUT2D eigenvalue weighted by Crippen LogP contribution is 2.42. The molecule has 0 spiro atoms. The van der Waals surface area contributed by atoms with E-state index in [1.54, 1.807) is 0 Å². The summed E-state index contributed by atoms with van der Waals surface area (Å²) in [6, 6.07) is 27.4. The van der Waals surface area contributed by atoms with Gasteiger partial charge in [-0.2, -0.15) is 0 Å². The molecule has 3 aromatic carbocycles. The van der Waals surface area contributed by atoms with E-state index in [1.807, 2.05) is 102 Å². The van der Waals surface area contributed by atoms with Gasteiger partial charge in [0, 0.05) is 53.4 Å². The van der Waals surface area contributed by atoms with Gasteiger partial charge < -0.3 is 4.57 Å². The Balaban J connectivity index is 1.44. The Labute approximate surface area is 216 Å². The Morgan fingerprint density at radius 1 is 0.771 bits per heavy atom. The lowest BCUT2D eigenvalue weighted by Crippen LogP contribution is -2.52. The molecule has 1 atom stereocenters. The fourth-order valence-corrected chi connectivity index (χ4v) is 6.86. The zero-order valence-electron chi connectivity index (χ0n) is 19.3. The number of nitrogens with zero attached hydrogens (tertiary/aromatic N) is 2. The van der Waals surface area contributed by atoms with Crippen LogP contribution in [0.4, 0.5) is 0 Å². The number of sulfone groups is 1. The Morgan fingerprint density at radius 3 is 1.83 bits per heavy atom. The quantitative estimate of drug-likeness (QED) is 0.273. The SMILES string of the molecule is CS(=O)(=O)[C@@H](c1cccc(-n2cccc2)c1)C1CN(C(c2ccc(Cl)cc2)c2ccc(Cl)cc2)C1. The van der Waals surface area contributed by atoms with E-state index in [1.165, 1.54) is 6.26 Å². The zero-order valence-corrected chi connectivity index (χ0v) is 21.6. The normalized spacial score (nSPS) is 15.8. The molecule has 0 aliphatic carbocycles. The monoisotopic (exact) mass is 524 g/mol. The van der Waals surface area contributed by atoms with Gasteiger partial charge >= 0.3 is 0 Å². The highest BCUT2D eigenvalue weighted by molar-refractivity contribution is 7.90. The van der Waals surface area contributed by atoms with Crippen LogP contribution in [0.5, 0.6) is 0 Å². The van der Waals surface area contributed by atoms with Crippen LogP contribution in [0.15, 0.2) is 97.3 Å². The highest BCUT2D eigenvalue weighted by Gasteiger charge is 2.42. The second-order valence-corrected chi connectivity index (χ2v) is 12.2. The Morgan fingerprint density at radius 2 is 1.31 bits per heavy atom. The summed E-state index contributed by atoms with van der Waals surface area (Å²) in [4.78, 5) is 2.32. The summed E-state index contributed by atoms with van der Waals surface area (Å²) in [5, 5.41) is 0.806. The van der Waals surface area contributed by atoms with Crippen molar-refractivity contribution in [3.05, 3.63) is 124 Å². The molecular formula is C28H26Cl2N2O2S. The second kappa shape index (κ2) is 9.82. The first-order chi connectivity index (χ1) is 16.8. The molecule has 0 radical (unpaired) electrons. The first kappa shape index (κ1) is 24.1. The van der Waals surface area contributed by atoms with E-state index in [-0.39, 0.29) is 12.0 Å². The van der Waals surface area contributed by atoms with E-state index >= 15 is 0 Å². The van der Waals surface area contributed by atoms with Gasteiger partial charge in [0.1, 0.15) is 0 Å². The summed E-state index contributed by atoms with van der Waals surface area (Å²) in [5.41, 5.74) is 4.01.